The van der Waals surface area contributed by atoms with E-state index >= 15 is 0 Å². The van der Waals surface area contributed by atoms with Crippen LogP contribution in [0.2, 0.25) is 0 Å². The van der Waals surface area contributed by atoms with Crippen LogP contribution in [0.15, 0.2) is 24.5 Å². The fourth-order valence-corrected chi connectivity index (χ4v) is 1.68. The lowest BCUT2D eigenvalue weighted by Gasteiger charge is -2.16. The van der Waals surface area contributed by atoms with E-state index in [1.165, 1.54) is 26.5 Å². The summed E-state index contributed by atoms with van der Waals surface area (Å²) in [4.78, 5) is 3.80. The van der Waals surface area contributed by atoms with Gasteiger partial charge < -0.3 is 0 Å². The number of pyridine rings is 1. The molecule has 86 valence electrons. The largest absolute Gasteiger partial charge is 0.280 e. The molecule has 6 nitrogen and oxygen atoms in total. The second kappa shape index (κ2) is 5.03. The molecule has 0 fully saturated rings. The van der Waals surface area contributed by atoms with Gasteiger partial charge in [-0.1, -0.05) is 0 Å². The molecule has 1 aromatic rings. The molecular formula is C9H12N4O2S. The Balaban J connectivity index is 2.92. The average Bonchev–Trinajstić information content (AvgIpc) is 2.27. The Bertz CT molecular complexity index is 478. The highest BCUT2D eigenvalue weighted by Crippen LogP contribution is 2.11. The molecule has 0 saturated carbocycles. The molecule has 16 heavy (non-hydrogen) atoms. The highest BCUT2D eigenvalue weighted by molar-refractivity contribution is 7.87. The third-order valence-electron chi connectivity index (χ3n) is 1.92. The van der Waals surface area contributed by atoms with Gasteiger partial charge in [-0.15, -0.1) is 0 Å². The van der Waals surface area contributed by atoms with Crippen molar-refractivity contribution in [2.45, 2.75) is 6.04 Å². The van der Waals surface area contributed by atoms with E-state index in [2.05, 4.69) is 9.71 Å². The summed E-state index contributed by atoms with van der Waals surface area (Å²) in [6.45, 7) is 0. The minimum atomic E-state index is -3.62. The SMILES string of the molecule is CN(C)S(=O)(=O)NC(C#N)c1ccncc1. The number of nitriles is 1. The maximum atomic E-state index is 11.5. The van der Waals surface area contributed by atoms with Crippen molar-refractivity contribution < 1.29 is 8.42 Å². The lowest BCUT2D eigenvalue weighted by molar-refractivity contribution is 0.500. The second-order valence-electron chi connectivity index (χ2n) is 3.25. The molecule has 0 aromatic carbocycles. The molecule has 0 radical (unpaired) electrons. The van der Waals surface area contributed by atoms with Crippen LogP contribution in [-0.4, -0.2) is 31.8 Å². The summed E-state index contributed by atoms with van der Waals surface area (Å²) < 4.78 is 26.3. The maximum absolute atomic E-state index is 11.5. The summed E-state index contributed by atoms with van der Waals surface area (Å²) in [5.41, 5.74) is 0.558. The number of rotatable bonds is 4. The first-order valence-corrected chi connectivity index (χ1v) is 5.90. The first-order valence-electron chi connectivity index (χ1n) is 4.46. The third kappa shape index (κ3) is 3.00. The van der Waals surface area contributed by atoms with Gasteiger partial charge in [0.15, 0.2) is 0 Å². The van der Waals surface area contributed by atoms with Crippen LogP contribution in [0.1, 0.15) is 11.6 Å². The first kappa shape index (κ1) is 12.6. The summed E-state index contributed by atoms with van der Waals surface area (Å²) in [6, 6.07) is 4.16. The van der Waals surface area contributed by atoms with Crippen LogP contribution in [0.4, 0.5) is 0 Å². The molecule has 0 saturated heterocycles. The highest BCUT2D eigenvalue weighted by Gasteiger charge is 2.20. The van der Waals surface area contributed by atoms with Crippen molar-refractivity contribution in [1.82, 2.24) is 14.0 Å². The summed E-state index contributed by atoms with van der Waals surface area (Å²) >= 11 is 0. The topological polar surface area (TPSA) is 86.1 Å². The van der Waals surface area contributed by atoms with E-state index in [-0.39, 0.29) is 0 Å². The molecule has 0 aliphatic rings. The molecule has 7 heteroatoms. The third-order valence-corrected chi connectivity index (χ3v) is 3.41. The van der Waals surface area contributed by atoms with E-state index in [0.29, 0.717) is 5.56 Å². The molecule has 1 aromatic heterocycles. The predicted octanol–water partition coefficient (Wildman–Crippen LogP) is 0.0423. The molecule has 1 rings (SSSR count). The predicted molar refractivity (Wildman–Crippen MR) is 58.3 cm³/mol. The van der Waals surface area contributed by atoms with Crippen LogP contribution in [0, 0.1) is 11.3 Å². The Morgan fingerprint density at radius 2 is 2.00 bits per heavy atom. The lowest BCUT2D eigenvalue weighted by Crippen LogP contribution is -2.37. The minimum Gasteiger partial charge on any atom is -0.265 e. The molecule has 1 unspecified atom stereocenters. The van der Waals surface area contributed by atoms with Crippen LogP contribution in [0.3, 0.4) is 0 Å². The number of hydrogen-bond donors (Lipinski definition) is 1. The van der Waals surface area contributed by atoms with E-state index in [0.717, 1.165) is 4.31 Å². The van der Waals surface area contributed by atoms with E-state index in [1.807, 2.05) is 6.07 Å². The van der Waals surface area contributed by atoms with Crippen molar-refractivity contribution in [3.05, 3.63) is 30.1 Å². The quantitative estimate of drug-likeness (QED) is 0.805. The zero-order chi connectivity index (χ0) is 12.2. The molecule has 1 N–H and O–H groups in total. The lowest BCUT2D eigenvalue weighted by atomic mass is 10.1. The zero-order valence-corrected chi connectivity index (χ0v) is 9.77. The number of aromatic nitrogens is 1. The van der Waals surface area contributed by atoms with Gasteiger partial charge in [0.05, 0.1) is 6.07 Å². The Morgan fingerprint density at radius 3 is 2.44 bits per heavy atom. The van der Waals surface area contributed by atoms with Gasteiger partial charge in [0.2, 0.25) is 0 Å². The number of nitrogens with one attached hydrogen (secondary N) is 1. The normalized spacial score (nSPS) is 13.4. The van der Waals surface area contributed by atoms with E-state index in [4.69, 9.17) is 5.26 Å². The molecule has 0 amide bonds. The van der Waals surface area contributed by atoms with Gasteiger partial charge in [0, 0.05) is 26.5 Å². The van der Waals surface area contributed by atoms with Crippen LogP contribution in [0.25, 0.3) is 0 Å². The number of hydrogen-bond acceptors (Lipinski definition) is 4. The van der Waals surface area contributed by atoms with Gasteiger partial charge in [0.25, 0.3) is 10.2 Å². The molecule has 1 heterocycles. The number of nitrogens with zero attached hydrogens (tertiary/aromatic N) is 3. The van der Waals surface area contributed by atoms with Crippen LogP contribution < -0.4 is 4.72 Å². The fraction of sp³-hybridized carbons (Fsp3) is 0.333. The maximum Gasteiger partial charge on any atom is 0.280 e. The molecule has 0 spiro atoms. The second-order valence-corrected chi connectivity index (χ2v) is 5.16. The molecular weight excluding hydrogens is 228 g/mol. The Labute approximate surface area is 94.7 Å². The molecule has 0 bridgehead atoms. The fourth-order valence-electron chi connectivity index (χ4n) is 0.979. The van der Waals surface area contributed by atoms with Gasteiger partial charge >= 0.3 is 0 Å². The Morgan fingerprint density at radius 1 is 1.44 bits per heavy atom. The summed E-state index contributed by atoms with van der Waals surface area (Å²) in [6.07, 6.45) is 3.01. The van der Waals surface area contributed by atoms with Gasteiger partial charge in [-0.05, 0) is 17.7 Å². The van der Waals surface area contributed by atoms with Gasteiger partial charge in [-0.25, -0.2) is 0 Å². The molecule has 1 atom stereocenters. The first-order chi connectivity index (χ1) is 7.47. The van der Waals surface area contributed by atoms with Crippen molar-refractivity contribution in [2.24, 2.45) is 0 Å². The Kier molecular flexibility index (Phi) is 3.95. The van der Waals surface area contributed by atoms with Crippen molar-refractivity contribution in [1.29, 1.82) is 5.26 Å². The van der Waals surface area contributed by atoms with Gasteiger partial charge in [0.1, 0.15) is 6.04 Å². The average molecular weight is 240 g/mol. The monoisotopic (exact) mass is 240 g/mol. The minimum absolute atomic E-state index is 0.558. The van der Waals surface area contributed by atoms with E-state index in [1.54, 1.807) is 12.1 Å². The summed E-state index contributed by atoms with van der Waals surface area (Å²) in [5.74, 6) is 0. The van der Waals surface area contributed by atoms with Crippen LogP contribution >= 0.6 is 0 Å². The van der Waals surface area contributed by atoms with Gasteiger partial charge in [-0.2, -0.15) is 22.7 Å². The van der Waals surface area contributed by atoms with E-state index in [9.17, 15) is 8.42 Å². The molecule has 0 aliphatic carbocycles. The standard InChI is InChI=1S/C9H12N4O2S/c1-13(2)16(14,15)12-9(7-10)8-3-5-11-6-4-8/h3-6,9,12H,1-2H3. The van der Waals surface area contributed by atoms with E-state index < -0.39 is 16.3 Å². The highest BCUT2D eigenvalue weighted by atomic mass is 32.2. The molecule has 0 aliphatic heterocycles. The zero-order valence-electron chi connectivity index (χ0n) is 8.95. The summed E-state index contributed by atoms with van der Waals surface area (Å²) in [7, 11) is -0.833. The van der Waals surface area contributed by atoms with Crippen molar-refractivity contribution >= 4 is 10.2 Å². The Hall–Kier alpha value is -1.49. The van der Waals surface area contributed by atoms with Crippen molar-refractivity contribution in [2.75, 3.05) is 14.1 Å². The smallest absolute Gasteiger partial charge is 0.265 e. The van der Waals surface area contributed by atoms with Crippen LogP contribution in [-0.2, 0) is 10.2 Å². The van der Waals surface area contributed by atoms with Crippen molar-refractivity contribution in [3.63, 3.8) is 0 Å². The van der Waals surface area contributed by atoms with Gasteiger partial charge in [-0.3, -0.25) is 4.98 Å². The van der Waals surface area contributed by atoms with Crippen molar-refractivity contribution in [3.8, 4) is 6.07 Å². The summed E-state index contributed by atoms with van der Waals surface area (Å²) in [5, 5.41) is 8.91. The van der Waals surface area contributed by atoms with Crippen LogP contribution in [0.5, 0.6) is 0 Å².